The number of hydrogen-bond donors (Lipinski definition) is 1. The van der Waals surface area contributed by atoms with Crippen molar-refractivity contribution in [2.24, 2.45) is 5.92 Å². The molecule has 3 aliphatic rings. The van der Waals surface area contributed by atoms with Gasteiger partial charge in [-0.25, -0.2) is 4.79 Å². The SMILES string of the molecule is CC1(C)OC(=O)N(C2CC=C(c3cnc4cc[nH]c4c3)CC2)C1C1C=CC=CC1. The Morgan fingerprint density at radius 3 is 2.93 bits per heavy atom. The highest BCUT2D eigenvalue weighted by Gasteiger charge is 2.52. The number of ether oxygens (including phenoxy) is 1. The number of cyclic esters (lactones) is 1. The molecule has 150 valence electrons. The van der Waals surface area contributed by atoms with Crippen LogP contribution in [0.2, 0.25) is 0 Å². The molecule has 1 aliphatic heterocycles. The Morgan fingerprint density at radius 2 is 2.17 bits per heavy atom. The van der Waals surface area contributed by atoms with Crippen molar-refractivity contribution in [3.8, 4) is 0 Å². The molecule has 5 nitrogen and oxygen atoms in total. The smallest absolute Gasteiger partial charge is 0.411 e. The molecule has 1 fully saturated rings. The number of H-pyrrole nitrogens is 1. The van der Waals surface area contributed by atoms with E-state index in [1.807, 2.05) is 37.2 Å². The van der Waals surface area contributed by atoms with Crippen LogP contribution in [-0.2, 0) is 4.74 Å². The third-order valence-corrected chi connectivity index (χ3v) is 6.54. The van der Waals surface area contributed by atoms with Crippen molar-refractivity contribution >= 4 is 22.7 Å². The van der Waals surface area contributed by atoms with E-state index in [2.05, 4.69) is 46.4 Å². The predicted molar refractivity (Wildman–Crippen MR) is 114 cm³/mol. The van der Waals surface area contributed by atoms with Crippen molar-refractivity contribution in [2.45, 2.75) is 57.2 Å². The summed E-state index contributed by atoms with van der Waals surface area (Å²) in [6.07, 6.45) is 18.3. The maximum Gasteiger partial charge on any atom is 0.411 e. The topological polar surface area (TPSA) is 58.2 Å². The van der Waals surface area contributed by atoms with Crippen LogP contribution in [0.3, 0.4) is 0 Å². The average Bonchev–Trinajstić information content (AvgIpc) is 3.29. The van der Waals surface area contributed by atoms with Gasteiger partial charge in [-0.2, -0.15) is 0 Å². The molecule has 5 heteroatoms. The van der Waals surface area contributed by atoms with Crippen LogP contribution in [0, 0.1) is 5.92 Å². The normalized spacial score (nSPS) is 28.6. The number of nitrogens with zero attached hydrogens (tertiary/aromatic N) is 2. The van der Waals surface area contributed by atoms with Crippen molar-refractivity contribution in [3.05, 3.63) is 60.5 Å². The number of carbonyl (C=O) groups is 1. The van der Waals surface area contributed by atoms with Crippen LogP contribution in [0.1, 0.15) is 45.1 Å². The lowest BCUT2D eigenvalue weighted by molar-refractivity contribution is 0.0543. The summed E-state index contributed by atoms with van der Waals surface area (Å²) in [5, 5.41) is 0. The fourth-order valence-electron chi connectivity index (χ4n) is 5.16. The number of aromatic amines is 1. The summed E-state index contributed by atoms with van der Waals surface area (Å²) in [7, 11) is 0. The predicted octanol–water partition coefficient (Wildman–Crippen LogP) is 5.23. The number of fused-ring (bicyclic) bond motifs is 1. The van der Waals surface area contributed by atoms with E-state index in [9.17, 15) is 4.79 Å². The zero-order valence-corrected chi connectivity index (χ0v) is 17.0. The molecule has 1 amide bonds. The Kier molecular flexibility index (Phi) is 4.34. The van der Waals surface area contributed by atoms with Crippen LogP contribution in [0.25, 0.3) is 16.6 Å². The van der Waals surface area contributed by atoms with E-state index in [1.165, 1.54) is 11.1 Å². The number of amides is 1. The van der Waals surface area contributed by atoms with E-state index in [0.29, 0.717) is 5.92 Å². The summed E-state index contributed by atoms with van der Waals surface area (Å²) in [5.41, 5.74) is 4.05. The van der Waals surface area contributed by atoms with Gasteiger partial charge in [0.25, 0.3) is 0 Å². The monoisotopic (exact) mass is 389 g/mol. The molecule has 29 heavy (non-hydrogen) atoms. The second-order valence-corrected chi connectivity index (χ2v) is 8.83. The molecule has 2 aromatic rings. The van der Waals surface area contributed by atoms with Gasteiger partial charge in [0.05, 0.1) is 17.1 Å². The maximum atomic E-state index is 12.8. The minimum absolute atomic E-state index is 0.0630. The molecule has 3 heterocycles. The van der Waals surface area contributed by atoms with E-state index in [-0.39, 0.29) is 18.2 Å². The molecule has 0 radical (unpaired) electrons. The molecule has 0 aromatic carbocycles. The number of rotatable bonds is 3. The zero-order chi connectivity index (χ0) is 20.0. The van der Waals surface area contributed by atoms with Crippen molar-refractivity contribution in [1.29, 1.82) is 0 Å². The van der Waals surface area contributed by atoms with Gasteiger partial charge in [-0.05, 0) is 62.8 Å². The summed E-state index contributed by atoms with van der Waals surface area (Å²) in [6.45, 7) is 4.09. The van der Waals surface area contributed by atoms with Gasteiger partial charge in [0.15, 0.2) is 0 Å². The van der Waals surface area contributed by atoms with Crippen LogP contribution in [0.4, 0.5) is 4.79 Å². The molecule has 0 spiro atoms. The van der Waals surface area contributed by atoms with Crippen molar-refractivity contribution in [1.82, 2.24) is 14.9 Å². The number of allylic oxidation sites excluding steroid dienone is 4. The number of pyridine rings is 1. The van der Waals surface area contributed by atoms with Crippen LogP contribution >= 0.6 is 0 Å². The summed E-state index contributed by atoms with van der Waals surface area (Å²) in [4.78, 5) is 22.7. The van der Waals surface area contributed by atoms with Gasteiger partial charge in [-0.1, -0.05) is 30.4 Å². The minimum atomic E-state index is -0.482. The largest absolute Gasteiger partial charge is 0.441 e. The fourth-order valence-corrected chi connectivity index (χ4v) is 5.16. The molecular weight excluding hydrogens is 362 g/mol. The standard InChI is InChI=1S/C24H27N3O2/c1-24(2)22(17-6-4-3-5-7-17)27(23(28)29-24)19-10-8-16(9-11-19)18-14-21-20(26-15-18)12-13-25-21/h3-6,8,12-15,17,19,22,25H,7,9-11H2,1-2H3. The first kappa shape index (κ1) is 18.2. The zero-order valence-electron chi connectivity index (χ0n) is 17.0. The molecule has 1 saturated heterocycles. The number of aromatic nitrogens is 2. The van der Waals surface area contributed by atoms with E-state index < -0.39 is 5.60 Å². The molecule has 3 unspecified atom stereocenters. The molecule has 3 atom stereocenters. The second-order valence-electron chi connectivity index (χ2n) is 8.83. The highest BCUT2D eigenvalue weighted by atomic mass is 16.6. The van der Waals surface area contributed by atoms with Gasteiger partial charge in [-0.3, -0.25) is 9.88 Å². The molecule has 2 aromatic heterocycles. The van der Waals surface area contributed by atoms with Crippen LogP contribution in [-0.4, -0.2) is 38.6 Å². The van der Waals surface area contributed by atoms with E-state index >= 15 is 0 Å². The average molecular weight is 389 g/mol. The lowest BCUT2D eigenvalue weighted by atomic mass is 9.81. The minimum Gasteiger partial charge on any atom is -0.441 e. The summed E-state index contributed by atoms with van der Waals surface area (Å²) in [6, 6.07) is 4.40. The van der Waals surface area contributed by atoms with E-state index in [4.69, 9.17) is 4.74 Å². The number of hydrogen-bond acceptors (Lipinski definition) is 3. The van der Waals surface area contributed by atoms with E-state index in [0.717, 1.165) is 36.7 Å². The highest BCUT2D eigenvalue weighted by Crippen LogP contribution is 2.41. The summed E-state index contributed by atoms with van der Waals surface area (Å²) < 4.78 is 5.83. The molecule has 0 bridgehead atoms. The highest BCUT2D eigenvalue weighted by molar-refractivity contribution is 5.80. The van der Waals surface area contributed by atoms with Gasteiger partial charge in [0.2, 0.25) is 0 Å². The third-order valence-electron chi connectivity index (χ3n) is 6.54. The van der Waals surface area contributed by atoms with Gasteiger partial charge in [-0.15, -0.1) is 0 Å². The first-order valence-electron chi connectivity index (χ1n) is 10.5. The van der Waals surface area contributed by atoms with Gasteiger partial charge in [0, 0.05) is 24.4 Å². The molecule has 5 rings (SSSR count). The Morgan fingerprint density at radius 1 is 1.28 bits per heavy atom. The quantitative estimate of drug-likeness (QED) is 0.782. The summed E-state index contributed by atoms with van der Waals surface area (Å²) >= 11 is 0. The van der Waals surface area contributed by atoms with Crippen molar-refractivity contribution in [3.63, 3.8) is 0 Å². The molecular formula is C24H27N3O2. The van der Waals surface area contributed by atoms with Gasteiger partial charge < -0.3 is 9.72 Å². The molecule has 0 saturated carbocycles. The first-order chi connectivity index (χ1) is 14.0. The molecule has 1 N–H and O–H groups in total. The van der Waals surface area contributed by atoms with Crippen molar-refractivity contribution in [2.75, 3.05) is 0 Å². The second kappa shape index (κ2) is 6.90. The van der Waals surface area contributed by atoms with E-state index in [1.54, 1.807) is 0 Å². The van der Waals surface area contributed by atoms with Crippen LogP contribution < -0.4 is 0 Å². The van der Waals surface area contributed by atoms with Crippen LogP contribution in [0.5, 0.6) is 0 Å². The maximum absolute atomic E-state index is 12.8. The lowest BCUT2D eigenvalue weighted by Crippen LogP contribution is -2.51. The Balaban J connectivity index is 1.38. The number of nitrogens with one attached hydrogen (secondary N) is 1. The van der Waals surface area contributed by atoms with Gasteiger partial charge >= 0.3 is 6.09 Å². The third kappa shape index (κ3) is 3.18. The lowest BCUT2D eigenvalue weighted by Gasteiger charge is -2.39. The fraction of sp³-hybridized carbons (Fsp3) is 0.417. The van der Waals surface area contributed by atoms with Crippen LogP contribution in [0.15, 0.2) is 54.9 Å². The Hall–Kier alpha value is -2.82. The summed E-state index contributed by atoms with van der Waals surface area (Å²) in [5.74, 6) is 0.298. The van der Waals surface area contributed by atoms with Crippen molar-refractivity contribution < 1.29 is 9.53 Å². The Labute approximate surface area is 171 Å². The molecule has 2 aliphatic carbocycles. The van der Waals surface area contributed by atoms with Gasteiger partial charge in [0.1, 0.15) is 5.60 Å². The first-order valence-corrected chi connectivity index (χ1v) is 10.5. The number of carbonyl (C=O) groups excluding carboxylic acids is 1. The Bertz CT molecular complexity index is 1030.